The van der Waals surface area contributed by atoms with E-state index in [1.807, 2.05) is 25.1 Å². The van der Waals surface area contributed by atoms with Crippen LogP contribution >= 0.6 is 23.2 Å². The van der Waals surface area contributed by atoms with Crippen molar-refractivity contribution in [2.24, 2.45) is 0 Å². The summed E-state index contributed by atoms with van der Waals surface area (Å²) >= 11 is 12.1. The van der Waals surface area contributed by atoms with Gasteiger partial charge in [0.05, 0.1) is 29.8 Å². The smallest absolute Gasteiger partial charge is 0.253 e. The van der Waals surface area contributed by atoms with E-state index in [-0.39, 0.29) is 18.0 Å². The Morgan fingerprint density at radius 2 is 1.81 bits per heavy atom. The summed E-state index contributed by atoms with van der Waals surface area (Å²) in [6.07, 6.45) is 0. The van der Waals surface area contributed by atoms with Crippen molar-refractivity contribution in [1.82, 2.24) is 10.2 Å². The monoisotopic (exact) mass is 392 g/mol. The Bertz CT molecular complexity index is 749. The summed E-state index contributed by atoms with van der Waals surface area (Å²) in [7, 11) is 0. The molecule has 0 unspecified atom stereocenters. The molecule has 2 aromatic carbocycles. The van der Waals surface area contributed by atoms with Crippen molar-refractivity contribution in [3.05, 3.63) is 69.7 Å². The third-order valence-corrected chi connectivity index (χ3v) is 5.14. The van der Waals surface area contributed by atoms with Crippen LogP contribution in [0, 0.1) is 0 Å². The zero-order chi connectivity index (χ0) is 18.5. The maximum atomic E-state index is 12.7. The average molecular weight is 393 g/mol. The lowest BCUT2D eigenvalue weighted by Crippen LogP contribution is -2.48. The van der Waals surface area contributed by atoms with E-state index < -0.39 is 0 Å². The van der Waals surface area contributed by atoms with Crippen LogP contribution in [-0.4, -0.2) is 43.2 Å². The Labute approximate surface area is 164 Å². The average Bonchev–Trinajstić information content (AvgIpc) is 2.63. The molecular weight excluding hydrogens is 371 g/mol. The van der Waals surface area contributed by atoms with E-state index in [9.17, 15) is 4.79 Å². The number of nitrogens with zero attached hydrogens (tertiary/aromatic N) is 1. The first-order chi connectivity index (χ1) is 12.6. The summed E-state index contributed by atoms with van der Waals surface area (Å²) in [6.45, 7) is 5.10. The van der Waals surface area contributed by atoms with Crippen molar-refractivity contribution in [3.8, 4) is 0 Å². The predicted octanol–water partition coefficient (Wildman–Crippen LogP) is 4.19. The van der Waals surface area contributed by atoms with Crippen LogP contribution in [0.4, 0.5) is 0 Å². The third kappa shape index (κ3) is 4.57. The second-order valence-corrected chi connectivity index (χ2v) is 7.23. The minimum atomic E-state index is -0.201. The number of rotatable bonds is 5. The van der Waals surface area contributed by atoms with E-state index in [0.717, 1.165) is 13.1 Å². The van der Waals surface area contributed by atoms with Gasteiger partial charge in [-0.25, -0.2) is 0 Å². The van der Waals surface area contributed by atoms with E-state index in [4.69, 9.17) is 27.9 Å². The molecule has 0 radical (unpaired) electrons. The summed E-state index contributed by atoms with van der Waals surface area (Å²) in [6, 6.07) is 15.1. The lowest BCUT2D eigenvalue weighted by atomic mass is 9.97. The van der Waals surface area contributed by atoms with Crippen molar-refractivity contribution in [2.75, 3.05) is 26.3 Å². The molecule has 1 aliphatic heterocycles. The van der Waals surface area contributed by atoms with Gasteiger partial charge >= 0.3 is 0 Å². The summed E-state index contributed by atoms with van der Waals surface area (Å²) < 4.78 is 5.48. The highest BCUT2D eigenvalue weighted by atomic mass is 35.5. The highest BCUT2D eigenvalue weighted by molar-refractivity contribution is 6.36. The van der Waals surface area contributed by atoms with Gasteiger partial charge in [0.25, 0.3) is 5.91 Å². The number of nitrogens with one attached hydrogen (secondary N) is 1. The Balaban J connectivity index is 1.80. The molecule has 2 aromatic rings. The predicted molar refractivity (Wildman–Crippen MR) is 105 cm³/mol. The number of morpholine rings is 1. The van der Waals surface area contributed by atoms with Crippen LogP contribution in [0.25, 0.3) is 0 Å². The number of ether oxygens (including phenoxy) is 1. The Morgan fingerprint density at radius 3 is 2.46 bits per heavy atom. The fourth-order valence-electron chi connectivity index (χ4n) is 3.36. The van der Waals surface area contributed by atoms with E-state index >= 15 is 0 Å². The van der Waals surface area contributed by atoms with Gasteiger partial charge in [-0.1, -0.05) is 53.5 Å². The largest absolute Gasteiger partial charge is 0.379 e. The molecule has 4 nitrogen and oxygen atoms in total. The van der Waals surface area contributed by atoms with Crippen molar-refractivity contribution in [3.63, 3.8) is 0 Å². The van der Waals surface area contributed by atoms with Crippen LogP contribution in [0.15, 0.2) is 48.5 Å². The SMILES string of the molecule is C[C@@H](NC(=O)c1ccc(Cl)cc1Cl)[C@@H](c1ccccc1)N1CCOCC1. The maximum Gasteiger partial charge on any atom is 0.253 e. The fourth-order valence-corrected chi connectivity index (χ4v) is 3.85. The van der Waals surface area contributed by atoms with E-state index in [2.05, 4.69) is 22.3 Å². The maximum absolute atomic E-state index is 12.7. The number of halogens is 2. The number of hydrogen-bond acceptors (Lipinski definition) is 3. The van der Waals surface area contributed by atoms with Crippen LogP contribution in [0.2, 0.25) is 10.0 Å². The van der Waals surface area contributed by atoms with Crippen LogP contribution < -0.4 is 5.32 Å². The lowest BCUT2D eigenvalue weighted by molar-refractivity contribution is 0.00888. The minimum absolute atomic E-state index is 0.0649. The van der Waals surface area contributed by atoms with Gasteiger partial charge in [-0.2, -0.15) is 0 Å². The third-order valence-electron chi connectivity index (χ3n) is 4.59. The molecule has 1 N–H and O–H groups in total. The fraction of sp³-hybridized carbons (Fsp3) is 0.350. The van der Waals surface area contributed by atoms with Gasteiger partial charge in [0, 0.05) is 24.2 Å². The molecule has 1 aliphatic rings. The van der Waals surface area contributed by atoms with Crippen molar-refractivity contribution >= 4 is 29.1 Å². The Kier molecular flexibility index (Phi) is 6.54. The lowest BCUT2D eigenvalue weighted by Gasteiger charge is -2.38. The van der Waals surface area contributed by atoms with Gasteiger partial charge in [-0.05, 0) is 30.7 Å². The molecule has 1 saturated heterocycles. The summed E-state index contributed by atoms with van der Waals surface area (Å²) in [4.78, 5) is 15.1. The zero-order valence-corrected chi connectivity index (χ0v) is 16.1. The quantitative estimate of drug-likeness (QED) is 0.829. The van der Waals surface area contributed by atoms with Gasteiger partial charge in [0.15, 0.2) is 0 Å². The van der Waals surface area contributed by atoms with Crippen LogP contribution in [0.5, 0.6) is 0 Å². The first-order valence-corrected chi connectivity index (χ1v) is 9.44. The first kappa shape index (κ1) is 19.2. The normalized spacial score (nSPS) is 17.5. The molecule has 6 heteroatoms. The van der Waals surface area contributed by atoms with Crippen LogP contribution in [0.1, 0.15) is 28.9 Å². The Morgan fingerprint density at radius 1 is 1.12 bits per heavy atom. The molecule has 1 fully saturated rings. The topological polar surface area (TPSA) is 41.6 Å². The minimum Gasteiger partial charge on any atom is -0.379 e. The molecule has 0 aromatic heterocycles. The molecule has 3 rings (SSSR count). The zero-order valence-electron chi connectivity index (χ0n) is 14.6. The van der Waals surface area contributed by atoms with E-state index in [1.54, 1.807) is 18.2 Å². The Hall–Kier alpha value is -1.59. The van der Waals surface area contributed by atoms with Crippen LogP contribution in [-0.2, 0) is 4.74 Å². The molecule has 138 valence electrons. The number of carbonyl (C=O) groups excluding carboxylic acids is 1. The van der Waals surface area contributed by atoms with Gasteiger partial charge in [-0.3, -0.25) is 9.69 Å². The van der Waals surface area contributed by atoms with Crippen molar-refractivity contribution in [2.45, 2.75) is 19.0 Å². The molecule has 0 bridgehead atoms. The van der Waals surface area contributed by atoms with Crippen molar-refractivity contribution in [1.29, 1.82) is 0 Å². The summed E-state index contributed by atoms with van der Waals surface area (Å²) in [5, 5.41) is 3.96. The number of benzene rings is 2. The molecular formula is C20H22Cl2N2O2. The molecule has 1 heterocycles. The number of amides is 1. The molecule has 1 amide bonds. The molecule has 0 saturated carbocycles. The molecule has 0 aliphatic carbocycles. The molecule has 2 atom stereocenters. The molecule has 0 spiro atoms. The van der Waals surface area contributed by atoms with Crippen LogP contribution in [0.3, 0.4) is 0 Å². The number of hydrogen-bond donors (Lipinski definition) is 1. The highest BCUT2D eigenvalue weighted by Crippen LogP contribution is 2.26. The molecule has 26 heavy (non-hydrogen) atoms. The van der Waals surface area contributed by atoms with Gasteiger partial charge < -0.3 is 10.1 Å². The van der Waals surface area contributed by atoms with E-state index in [1.165, 1.54) is 5.56 Å². The number of carbonyl (C=O) groups is 1. The van der Waals surface area contributed by atoms with Crippen molar-refractivity contribution < 1.29 is 9.53 Å². The second-order valence-electron chi connectivity index (χ2n) is 6.39. The van der Waals surface area contributed by atoms with E-state index in [0.29, 0.717) is 28.8 Å². The standard InChI is InChI=1S/C20H22Cl2N2O2/c1-14(23-20(25)17-8-7-16(21)13-18(17)22)19(15-5-3-2-4-6-15)24-9-11-26-12-10-24/h2-8,13-14,19H,9-12H2,1H3,(H,23,25)/t14-,19+/m1/s1. The summed E-state index contributed by atoms with van der Waals surface area (Å²) in [5.74, 6) is -0.201. The highest BCUT2D eigenvalue weighted by Gasteiger charge is 2.29. The van der Waals surface area contributed by atoms with Gasteiger partial charge in [0.2, 0.25) is 0 Å². The van der Waals surface area contributed by atoms with Gasteiger partial charge in [-0.15, -0.1) is 0 Å². The van der Waals surface area contributed by atoms with Gasteiger partial charge in [0.1, 0.15) is 0 Å². The first-order valence-electron chi connectivity index (χ1n) is 8.69. The summed E-state index contributed by atoms with van der Waals surface area (Å²) in [5.41, 5.74) is 1.60. The second kappa shape index (κ2) is 8.87.